The first-order valence-electron chi connectivity index (χ1n) is 5.19. The van der Waals surface area contributed by atoms with Crippen molar-refractivity contribution in [1.29, 1.82) is 0 Å². The first-order valence-corrected chi connectivity index (χ1v) is 6.77. The fraction of sp³-hybridized carbons (Fsp3) is 0.455. The van der Waals surface area contributed by atoms with E-state index in [0.29, 0.717) is 19.4 Å². The minimum absolute atomic E-state index is 0.279. The smallest absolute Gasteiger partial charge is 0.119 e. The molecule has 0 radical (unpaired) electrons. The highest BCUT2D eigenvalue weighted by Gasteiger charge is 1.96. The van der Waals surface area contributed by atoms with Crippen LogP contribution in [-0.2, 0) is 10.1 Å². The molecule has 0 atom stereocenters. The maximum Gasteiger partial charge on any atom is 0.119 e. The molecular formula is C11H15O4S-. The molecule has 5 heteroatoms. The van der Waals surface area contributed by atoms with Crippen LogP contribution in [0.1, 0.15) is 19.3 Å². The Kier molecular flexibility index (Phi) is 5.28. The van der Waals surface area contributed by atoms with Crippen molar-refractivity contribution in [2.45, 2.75) is 19.3 Å². The third-order valence-electron chi connectivity index (χ3n) is 2.05. The van der Waals surface area contributed by atoms with Crippen molar-refractivity contribution >= 4 is 10.1 Å². The van der Waals surface area contributed by atoms with Gasteiger partial charge < -0.3 is 9.29 Å². The molecule has 0 saturated carbocycles. The Morgan fingerprint density at radius 2 is 1.75 bits per heavy atom. The van der Waals surface area contributed by atoms with Gasteiger partial charge in [0.2, 0.25) is 0 Å². The minimum Gasteiger partial charge on any atom is -0.748 e. The van der Waals surface area contributed by atoms with Crippen molar-refractivity contribution in [3.05, 3.63) is 30.3 Å². The molecule has 0 aliphatic heterocycles. The normalized spacial score (nSPS) is 11.3. The fourth-order valence-electron chi connectivity index (χ4n) is 1.26. The van der Waals surface area contributed by atoms with Gasteiger partial charge in [0, 0.05) is 5.75 Å². The highest BCUT2D eigenvalue weighted by Crippen LogP contribution is 2.09. The number of hydrogen-bond donors (Lipinski definition) is 0. The molecule has 0 unspecified atom stereocenters. The molecule has 0 aromatic heterocycles. The molecular weight excluding hydrogens is 228 g/mol. The van der Waals surface area contributed by atoms with Crippen LogP contribution in [0.25, 0.3) is 0 Å². The van der Waals surface area contributed by atoms with Crippen molar-refractivity contribution in [2.75, 3.05) is 12.4 Å². The van der Waals surface area contributed by atoms with Crippen molar-refractivity contribution in [1.82, 2.24) is 0 Å². The van der Waals surface area contributed by atoms with Crippen LogP contribution in [-0.4, -0.2) is 25.3 Å². The van der Waals surface area contributed by atoms with E-state index in [1.165, 1.54) is 0 Å². The maximum absolute atomic E-state index is 10.3. The summed E-state index contributed by atoms with van der Waals surface area (Å²) < 4.78 is 36.3. The van der Waals surface area contributed by atoms with Crippen molar-refractivity contribution in [3.63, 3.8) is 0 Å². The number of ether oxygens (including phenoxy) is 1. The van der Waals surface area contributed by atoms with Gasteiger partial charge in [0.05, 0.1) is 16.7 Å². The third-order valence-corrected chi connectivity index (χ3v) is 2.84. The summed E-state index contributed by atoms with van der Waals surface area (Å²) in [5.74, 6) is 0.525. The van der Waals surface area contributed by atoms with Gasteiger partial charge in [-0.1, -0.05) is 18.2 Å². The Bertz CT molecular complexity index is 386. The predicted molar refractivity (Wildman–Crippen MR) is 60.4 cm³/mol. The lowest BCUT2D eigenvalue weighted by molar-refractivity contribution is 0.306. The molecule has 0 aliphatic rings. The molecule has 0 fully saturated rings. The predicted octanol–water partition coefficient (Wildman–Crippen LogP) is 1.78. The van der Waals surface area contributed by atoms with E-state index in [1.807, 2.05) is 30.3 Å². The molecule has 0 spiro atoms. The van der Waals surface area contributed by atoms with E-state index in [4.69, 9.17) is 4.74 Å². The molecule has 0 bridgehead atoms. The largest absolute Gasteiger partial charge is 0.748 e. The molecule has 0 heterocycles. The molecule has 1 aromatic carbocycles. The van der Waals surface area contributed by atoms with Crippen LogP contribution in [0.2, 0.25) is 0 Å². The van der Waals surface area contributed by atoms with Gasteiger partial charge in [0.1, 0.15) is 5.75 Å². The molecule has 16 heavy (non-hydrogen) atoms. The van der Waals surface area contributed by atoms with E-state index in [0.717, 1.165) is 12.2 Å². The maximum atomic E-state index is 10.3. The van der Waals surface area contributed by atoms with E-state index in [-0.39, 0.29) is 5.75 Å². The molecule has 0 aliphatic carbocycles. The summed E-state index contributed by atoms with van der Waals surface area (Å²) in [5, 5.41) is 0. The molecule has 90 valence electrons. The number of unbranched alkanes of at least 4 members (excludes halogenated alkanes) is 2. The molecule has 1 rings (SSSR count). The summed E-state index contributed by atoms with van der Waals surface area (Å²) in [6.45, 7) is 0.545. The minimum atomic E-state index is -4.05. The van der Waals surface area contributed by atoms with E-state index in [2.05, 4.69) is 0 Å². The van der Waals surface area contributed by atoms with Crippen LogP contribution in [0.5, 0.6) is 5.75 Å². The number of hydrogen-bond acceptors (Lipinski definition) is 4. The monoisotopic (exact) mass is 243 g/mol. The first-order chi connectivity index (χ1) is 7.58. The Labute approximate surface area is 96.0 Å². The number of benzene rings is 1. The average molecular weight is 243 g/mol. The molecule has 1 aromatic rings. The lowest BCUT2D eigenvalue weighted by Gasteiger charge is -2.07. The number of rotatable bonds is 7. The summed E-state index contributed by atoms with van der Waals surface area (Å²) in [4.78, 5) is 0. The Morgan fingerprint density at radius 3 is 2.38 bits per heavy atom. The highest BCUT2D eigenvalue weighted by molar-refractivity contribution is 7.85. The molecule has 4 nitrogen and oxygen atoms in total. The highest BCUT2D eigenvalue weighted by atomic mass is 32.2. The fourth-order valence-corrected chi connectivity index (χ4v) is 1.82. The quantitative estimate of drug-likeness (QED) is 0.541. The Balaban J connectivity index is 2.05. The summed E-state index contributed by atoms with van der Waals surface area (Å²) in [6, 6.07) is 9.41. The van der Waals surface area contributed by atoms with Crippen LogP contribution >= 0.6 is 0 Å². The summed E-state index contributed by atoms with van der Waals surface area (Å²) in [7, 11) is -4.05. The Hall–Kier alpha value is -1.07. The summed E-state index contributed by atoms with van der Waals surface area (Å²) >= 11 is 0. The Morgan fingerprint density at radius 1 is 1.06 bits per heavy atom. The summed E-state index contributed by atoms with van der Waals surface area (Å²) in [5.41, 5.74) is 0. The van der Waals surface area contributed by atoms with Crippen LogP contribution < -0.4 is 4.74 Å². The average Bonchev–Trinajstić information content (AvgIpc) is 2.23. The second kappa shape index (κ2) is 6.50. The summed E-state index contributed by atoms with van der Waals surface area (Å²) in [6.07, 6.45) is 1.85. The van der Waals surface area contributed by atoms with E-state index in [1.54, 1.807) is 0 Å². The van der Waals surface area contributed by atoms with Gasteiger partial charge >= 0.3 is 0 Å². The standard InChI is InChI=1S/C11H16O4S/c12-16(13,14)10-6-2-5-9-15-11-7-3-1-4-8-11/h1,3-4,7-8H,2,5-6,9-10H2,(H,12,13,14)/p-1. The van der Waals surface area contributed by atoms with Gasteiger partial charge in [0.25, 0.3) is 0 Å². The zero-order chi connectivity index (χ0) is 11.9. The second-order valence-corrected chi connectivity index (χ2v) is 5.01. The van der Waals surface area contributed by atoms with Gasteiger partial charge in [-0.15, -0.1) is 0 Å². The number of para-hydroxylation sites is 1. The van der Waals surface area contributed by atoms with E-state index in [9.17, 15) is 13.0 Å². The SMILES string of the molecule is O=S(=O)([O-])CCCCCOc1ccccc1. The van der Waals surface area contributed by atoms with Crippen molar-refractivity contribution in [3.8, 4) is 5.75 Å². The van der Waals surface area contributed by atoms with Gasteiger partial charge in [-0.25, -0.2) is 8.42 Å². The van der Waals surface area contributed by atoms with E-state index >= 15 is 0 Å². The second-order valence-electron chi connectivity index (χ2n) is 3.48. The molecule has 0 saturated heterocycles. The third kappa shape index (κ3) is 6.42. The van der Waals surface area contributed by atoms with Gasteiger partial charge in [-0.05, 0) is 31.4 Å². The zero-order valence-electron chi connectivity index (χ0n) is 8.96. The lowest BCUT2D eigenvalue weighted by Crippen LogP contribution is -2.05. The van der Waals surface area contributed by atoms with E-state index < -0.39 is 10.1 Å². The van der Waals surface area contributed by atoms with Crippen LogP contribution in [0.4, 0.5) is 0 Å². The van der Waals surface area contributed by atoms with Crippen molar-refractivity contribution in [2.24, 2.45) is 0 Å². The van der Waals surface area contributed by atoms with Gasteiger partial charge in [-0.2, -0.15) is 0 Å². The van der Waals surface area contributed by atoms with Crippen LogP contribution in [0, 0.1) is 0 Å². The first kappa shape index (κ1) is 13.0. The van der Waals surface area contributed by atoms with Crippen LogP contribution in [0.3, 0.4) is 0 Å². The lowest BCUT2D eigenvalue weighted by atomic mass is 10.3. The van der Waals surface area contributed by atoms with Gasteiger partial charge in [-0.3, -0.25) is 0 Å². The van der Waals surface area contributed by atoms with Crippen LogP contribution in [0.15, 0.2) is 30.3 Å². The van der Waals surface area contributed by atoms with Crippen molar-refractivity contribution < 1.29 is 17.7 Å². The molecule has 0 amide bonds. The van der Waals surface area contributed by atoms with Gasteiger partial charge in [0.15, 0.2) is 0 Å². The topological polar surface area (TPSA) is 66.4 Å². The molecule has 0 N–H and O–H groups in total. The zero-order valence-corrected chi connectivity index (χ0v) is 9.78.